The van der Waals surface area contributed by atoms with Crippen LogP contribution in [-0.4, -0.2) is 59.4 Å². The number of carbonyl (C=O) groups excluding carboxylic acids is 2. The monoisotopic (exact) mass is 342 g/mol. The summed E-state index contributed by atoms with van der Waals surface area (Å²) in [7, 11) is 3.84. The summed E-state index contributed by atoms with van der Waals surface area (Å²) in [6.45, 7) is 2.77. The molecule has 7 nitrogen and oxygen atoms in total. The third kappa shape index (κ3) is 4.79. The minimum atomic E-state index is -0.304. The van der Waals surface area contributed by atoms with Crippen molar-refractivity contribution in [2.24, 2.45) is 4.99 Å². The van der Waals surface area contributed by atoms with Gasteiger partial charge in [0.1, 0.15) is 5.25 Å². The summed E-state index contributed by atoms with van der Waals surface area (Å²) < 4.78 is 4.88. The van der Waals surface area contributed by atoms with Gasteiger partial charge in [-0.1, -0.05) is 11.8 Å². The van der Waals surface area contributed by atoms with E-state index in [1.807, 2.05) is 19.0 Å². The minimum absolute atomic E-state index is 0.0410. The highest BCUT2D eigenvalue weighted by Gasteiger charge is 2.30. The Labute approximate surface area is 137 Å². The van der Waals surface area contributed by atoms with E-state index in [-0.39, 0.29) is 23.5 Å². The second-order valence-corrected chi connectivity index (χ2v) is 6.91. The largest absolute Gasteiger partial charge is 0.466 e. The van der Waals surface area contributed by atoms with Crippen LogP contribution in [0, 0.1) is 0 Å². The van der Waals surface area contributed by atoms with Crippen molar-refractivity contribution in [1.82, 2.24) is 15.2 Å². The molecule has 0 bridgehead atoms. The standard InChI is InChI=1S/C13H18N4O3S2/c1-4-20-10(18)5-8-7-21-12(14-8)16-13-15-11(19)9(22-13)6-17(2)3/h7,9H,4-6H2,1-3H3,(H,14,15,16,19). The summed E-state index contributed by atoms with van der Waals surface area (Å²) in [6.07, 6.45) is 0.137. The van der Waals surface area contributed by atoms with Gasteiger partial charge in [0, 0.05) is 11.9 Å². The van der Waals surface area contributed by atoms with Gasteiger partial charge in [-0.25, -0.2) is 4.98 Å². The molecule has 1 aromatic heterocycles. The van der Waals surface area contributed by atoms with Crippen molar-refractivity contribution in [3.05, 3.63) is 11.1 Å². The molecule has 1 aliphatic rings. The number of hydrogen-bond donors (Lipinski definition) is 1. The lowest BCUT2D eigenvalue weighted by atomic mass is 10.3. The molecule has 1 aromatic rings. The van der Waals surface area contributed by atoms with Crippen LogP contribution < -0.4 is 5.32 Å². The molecule has 1 aliphatic heterocycles. The maximum absolute atomic E-state index is 11.8. The van der Waals surface area contributed by atoms with E-state index in [0.717, 1.165) is 0 Å². The van der Waals surface area contributed by atoms with Crippen molar-refractivity contribution in [3.8, 4) is 0 Å². The molecule has 120 valence electrons. The van der Waals surface area contributed by atoms with E-state index in [4.69, 9.17) is 4.74 Å². The predicted octanol–water partition coefficient (Wildman–Crippen LogP) is 1.03. The highest BCUT2D eigenvalue weighted by Crippen LogP contribution is 2.25. The molecular weight excluding hydrogens is 324 g/mol. The third-order valence-corrected chi connectivity index (χ3v) is 4.52. The van der Waals surface area contributed by atoms with Gasteiger partial charge >= 0.3 is 5.97 Å². The fourth-order valence-electron chi connectivity index (χ4n) is 1.79. The maximum Gasteiger partial charge on any atom is 0.311 e. The number of amidine groups is 1. The van der Waals surface area contributed by atoms with Gasteiger partial charge < -0.3 is 15.0 Å². The molecule has 22 heavy (non-hydrogen) atoms. The Hall–Kier alpha value is -1.45. The summed E-state index contributed by atoms with van der Waals surface area (Å²) in [5, 5.41) is 5.43. The number of hydrogen-bond acceptors (Lipinski definition) is 8. The van der Waals surface area contributed by atoms with Gasteiger partial charge in [0.2, 0.25) is 11.0 Å². The second-order valence-electron chi connectivity index (χ2n) is 4.88. The molecule has 1 fully saturated rings. The summed E-state index contributed by atoms with van der Waals surface area (Å²) in [4.78, 5) is 33.8. The highest BCUT2D eigenvalue weighted by molar-refractivity contribution is 8.15. The van der Waals surface area contributed by atoms with Gasteiger partial charge in [0.25, 0.3) is 0 Å². The molecule has 9 heteroatoms. The number of esters is 1. The lowest BCUT2D eigenvalue weighted by molar-refractivity contribution is -0.142. The van der Waals surface area contributed by atoms with Crippen molar-refractivity contribution in [3.63, 3.8) is 0 Å². The van der Waals surface area contributed by atoms with E-state index in [0.29, 0.717) is 29.1 Å². The van der Waals surface area contributed by atoms with Gasteiger partial charge in [0.15, 0.2) is 5.17 Å². The van der Waals surface area contributed by atoms with Crippen LogP contribution in [-0.2, 0) is 20.7 Å². The number of thioether (sulfide) groups is 1. The first-order valence-corrected chi connectivity index (χ1v) is 8.54. The van der Waals surface area contributed by atoms with E-state index in [9.17, 15) is 9.59 Å². The number of nitrogens with zero attached hydrogens (tertiary/aromatic N) is 3. The average molecular weight is 342 g/mol. The first-order valence-electron chi connectivity index (χ1n) is 6.79. The number of aromatic nitrogens is 1. The number of amides is 1. The molecule has 0 radical (unpaired) electrons. The highest BCUT2D eigenvalue weighted by atomic mass is 32.2. The molecule has 1 unspecified atom stereocenters. The Balaban J connectivity index is 1.97. The minimum Gasteiger partial charge on any atom is -0.466 e. The van der Waals surface area contributed by atoms with Crippen LogP contribution in [0.4, 0.5) is 5.13 Å². The van der Waals surface area contributed by atoms with Gasteiger partial charge in [-0.15, -0.1) is 11.3 Å². The number of thiazole rings is 1. The summed E-state index contributed by atoms with van der Waals surface area (Å²) in [5.74, 6) is -0.345. The van der Waals surface area contributed by atoms with Crippen LogP contribution >= 0.6 is 23.1 Å². The lowest BCUT2D eigenvalue weighted by Crippen LogP contribution is -2.32. The molecule has 0 saturated carbocycles. The predicted molar refractivity (Wildman–Crippen MR) is 87.6 cm³/mol. The summed E-state index contributed by atoms with van der Waals surface area (Å²) in [5.41, 5.74) is 0.627. The zero-order chi connectivity index (χ0) is 16.1. The zero-order valence-electron chi connectivity index (χ0n) is 12.7. The first kappa shape index (κ1) is 16.9. The molecule has 1 atom stereocenters. The average Bonchev–Trinajstić information content (AvgIpc) is 2.97. The smallest absolute Gasteiger partial charge is 0.311 e. The van der Waals surface area contributed by atoms with Crippen molar-refractivity contribution >= 4 is 45.3 Å². The zero-order valence-corrected chi connectivity index (χ0v) is 14.3. The molecule has 1 saturated heterocycles. The third-order valence-electron chi connectivity index (χ3n) is 2.68. The number of rotatable bonds is 6. The molecule has 0 aromatic carbocycles. The van der Waals surface area contributed by atoms with E-state index >= 15 is 0 Å². The lowest BCUT2D eigenvalue weighted by Gasteiger charge is -2.11. The fourth-order valence-corrected chi connectivity index (χ4v) is 3.64. The van der Waals surface area contributed by atoms with Crippen LogP contribution in [0.3, 0.4) is 0 Å². The van der Waals surface area contributed by atoms with E-state index < -0.39 is 0 Å². The maximum atomic E-state index is 11.8. The molecule has 2 rings (SSSR count). The van der Waals surface area contributed by atoms with Crippen LogP contribution in [0.15, 0.2) is 10.4 Å². The summed E-state index contributed by atoms with van der Waals surface area (Å²) >= 11 is 2.73. The van der Waals surface area contributed by atoms with E-state index in [2.05, 4.69) is 15.3 Å². The number of carbonyl (C=O) groups is 2. The fraction of sp³-hybridized carbons (Fsp3) is 0.538. The van der Waals surface area contributed by atoms with Crippen molar-refractivity contribution in [2.75, 3.05) is 27.2 Å². The van der Waals surface area contributed by atoms with Crippen molar-refractivity contribution < 1.29 is 14.3 Å². The Morgan fingerprint density at radius 3 is 3.00 bits per heavy atom. The molecule has 0 spiro atoms. The SMILES string of the molecule is CCOC(=O)Cc1csc(/N=C2/NC(=O)C(CN(C)C)S2)n1. The van der Waals surface area contributed by atoms with Crippen molar-refractivity contribution in [1.29, 1.82) is 0 Å². The van der Waals surface area contributed by atoms with Gasteiger partial charge in [-0.05, 0) is 21.0 Å². The van der Waals surface area contributed by atoms with Crippen LogP contribution in [0.2, 0.25) is 0 Å². The van der Waals surface area contributed by atoms with Crippen LogP contribution in [0.25, 0.3) is 0 Å². The number of nitrogens with one attached hydrogen (secondary N) is 1. The number of ether oxygens (including phenoxy) is 1. The van der Waals surface area contributed by atoms with E-state index in [1.165, 1.54) is 23.1 Å². The Morgan fingerprint density at radius 1 is 1.55 bits per heavy atom. The normalized spacial score (nSPS) is 19.7. The Morgan fingerprint density at radius 2 is 2.32 bits per heavy atom. The van der Waals surface area contributed by atoms with Gasteiger partial charge in [-0.2, -0.15) is 4.99 Å². The molecular formula is C13H18N4O3S2. The van der Waals surface area contributed by atoms with Crippen LogP contribution in [0.5, 0.6) is 0 Å². The first-order chi connectivity index (χ1) is 10.5. The summed E-state index contributed by atoms with van der Waals surface area (Å²) in [6, 6.07) is 0. The molecule has 2 heterocycles. The topological polar surface area (TPSA) is 83.9 Å². The Kier molecular flexibility index (Phi) is 5.92. The Bertz CT molecular complexity index is 586. The second kappa shape index (κ2) is 7.70. The van der Waals surface area contributed by atoms with Gasteiger partial charge in [-0.3, -0.25) is 9.59 Å². The molecule has 0 aliphatic carbocycles. The van der Waals surface area contributed by atoms with Crippen LogP contribution in [0.1, 0.15) is 12.6 Å². The van der Waals surface area contributed by atoms with Crippen molar-refractivity contribution in [2.45, 2.75) is 18.6 Å². The van der Waals surface area contributed by atoms with E-state index in [1.54, 1.807) is 12.3 Å². The quantitative estimate of drug-likeness (QED) is 0.778. The van der Waals surface area contributed by atoms with Gasteiger partial charge in [0.05, 0.1) is 18.7 Å². The number of aliphatic imine (C=N–C) groups is 1. The molecule has 1 amide bonds. The molecule has 1 N–H and O–H groups in total.